The maximum Gasteiger partial charge on any atom is 0.409 e. The highest BCUT2D eigenvalue weighted by Crippen LogP contribution is 2.44. The Kier molecular flexibility index (Phi) is 12.5. The minimum Gasteiger partial charge on any atom is -0.461 e. The summed E-state index contributed by atoms with van der Waals surface area (Å²) in [6, 6.07) is 13.7. The highest BCUT2D eigenvalue weighted by molar-refractivity contribution is 6.02. The van der Waals surface area contributed by atoms with E-state index < -0.39 is 23.6 Å². The van der Waals surface area contributed by atoms with E-state index in [1.165, 1.54) is 10.6 Å². The summed E-state index contributed by atoms with van der Waals surface area (Å²) < 4.78 is 54.2. The van der Waals surface area contributed by atoms with Crippen LogP contribution in [-0.4, -0.2) is 134 Å². The van der Waals surface area contributed by atoms with Crippen LogP contribution >= 0.6 is 0 Å². The number of piperidine rings is 2. The van der Waals surface area contributed by atoms with Crippen LogP contribution in [0.4, 0.5) is 19.4 Å². The molecule has 6 aromatic rings. The molecule has 5 atom stereocenters. The second kappa shape index (κ2) is 19.4. The van der Waals surface area contributed by atoms with Crippen molar-refractivity contribution in [3.8, 4) is 29.6 Å². The number of aryl methyl sites for hydroxylation is 1. The number of amides is 3. The fourth-order valence-electron chi connectivity index (χ4n) is 12.9. The Morgan fingerprint density at radius 3 is 2.55 bits per heavy atom. The lowest BCUT2D eigenvalue weighted by molar-refractivity contribution is -0.135. The van der Waals surface area contributed by atoms with Gasteiger partial charge in [-0.15, -0.1) is 6.42 Å². The van der Waals surface area contributed by atoms with E-state index in [-0.39, 0.29) is 96.3 Å². The molecule has 2 N–H and O–H groups in total. The largest absolute Gasteiger partial charge is 0.461 e. The van der Waals surface area contributed by atoms with E-state index in [0.717, 1.165) is 56.1 Å². The third-order valence-electron chi connectivity index (χ3n) is 16.6. The summed E-state index contributed by atoms with van der Waals surface area (Å²) in [4.78, 5) is 72.1. The molecule has 17 nitrogen and oxygen atoms in total. The Morgan fingerprint density at radius 2 is 1.76 bits per heavy atom. The molecule has 12 rings (SSSR count). The Balaban J connectivity index is 0.687. The maximum atomic E-state index is 17.2. The van der Waals surface area contributed by atoms with Gasteiger partial charge in [0, 0.05) is 74.9 Å². The molecule has 6 saturated heterocycles. The number of para-hydroxylation sites is 1. The van der Waals surface area contributed by atoms with E-state index in [2.05, 4.69) is 31.3 Å². The minimum atomic E-state index is -0.754. The topological polar surface area (TPSA) is 178 Å². The highest BCUT2D eigenvalue weighted by atomic mass is 19.1. The summed E-state index contributed by atoms with van der Waals surface area (Å²) in [5, 5.41) is 7.55. The van der Waals surface area contributed by atoms with Crippen molar-refractivity contribution in [2.45, 2.75) is 106 Å². The van der Waals surface area contributed by atoms with Crippen LogP contribution < -0.4 is 26.0 Å². The van der Waals surface area contributed by atoms with Crippen molar-refractivity contribution in [1.29, 1.82) is 0 Å². The molecule has 6 aliphatic heterocycles. The van der Waals surface area contributed by atoms with Crippen LogP contribution in [0.2, 0.25) is 0 Å². The number of rotatable bonds is 12. The molecule has 0 radical (unpaired) electrons. The Labute approximate surface area is 425 Å². The van der Waals surface area contributed by atoms with Gasteiger partial charge in [-0.25, -0.2) is 18.4 Å². The van der Waals surface area contributed by atoms with Crippen LogP contribution in [-0.2, 0) is 32.5 Å². The number of hydrogen-bond donors (Lipinski definition) is 2. The van der Waals surface area contributed by atoms with Gasteiger partial charge in [-0.1, -0.05) is 42.3 Å². The second-order valence-corrected chi connectivity index (χ2v) is 20.9. The summed E-state index contributed by atoms with van der Waals surface area (Å²) in [6.45, 7) is 4.16. The molecule has 3 unspecified atom stereocenters. The maximum absolute atomic E-state index is 17.2. The number of nitrogens with zero attached hydrogens (tertiary/aromatic N) is 8. The van der Waals surface area contributed by atoms with Crippen LogP contribution in [0.1, 0.15) is 81.4 Å². The lowest BCUT2D eigenvalue weighted by atomic mass is 9.95. The number of carbonyl (C=O) groups is 3. The third-order valence-corrected chi connectivity index (χ3v) is 16.6. The zero-order chi connectivity index (χ0) is 50.8. The molecule has 0 saturated carbocycles. The van der Waals surface area contributed by atoms with Crippen molar-refractivity contribution in [3.05, 3.63) is 88.0 Å². The van der Waals surface area contributed by atoms with Crippen LogP contribution in [0.3, 0.4) is 0 Å². The molecule has 0 spiro atoms. The van der Waals surface area contributed by atoms with Gasteiger partial charge in [0.1, 0.15) is 42.1 Å². The van der Waals surface area contributed by atoms with Gasteiger partial charge in [-0.2, -0.15) is 9.97 Å². The lowest BCUT2D eigenvalue weighted by Gasteiger charge is -2.36. The molecule has 6 fully saturated rings. The van der Waals surface area contributed by atoms with Crippen LogP contribution in [0.25, 0.3) is 44.0 Å². The first-order valence-electron chi connectivity index (χ1n) is 26.0. The fourth-order valence-corrected chi connectivity index (χ4v) is 12.9. The molecular weight excluding hydrogens is 951 g/mol. The quantitative estimate of drug-likeness (QED) is 0.109. The molecule has 3 amide bonds. The predicted octanol–water partition coefficient (Wildman–Crippen LogP) is 5.91. The molecule has 2 bridgehead atoms. The number of pyridine rings is 1. The van der Waals surface area contributed by atoms with Crippen LogP contribution in [0.5, 0.6) is 6.01 Å². The zero-order valence-corrected chi connectivity index (χ0v) is 41.3. The van der Waals surface area contributed by atoms with Crippen molar-refractivity contribution in [2.75, 3.05) is 57.4 Å². The van der Waals surface area contributed by atoms with Gasteiger partial charge >= 0.3 is 17.8 Å². The van der Waals surface area contributed by atoms with Gasteiger partial charge in [0.25, 0.3) is 0 Å². The van der Waals surface area contributed by atoms with E-state index in [1.54, 1.807) is 40.9 Å². The number of likely N-dealkylation sites (tertiary alicyclic amines) is 1. The first-order valence-corrected chi connectivity index (χ1v) is 26.0. The number of benzene rings is 3. The van der Waals surface area contributed by atoms with Gasteiger partial charge in [0.2, 0.25) is 11.8 Å². The number of carbonyl (C=O) groups excluding carboxylic acids is 3. The first kappa shape index (κ1) is 48.0. The third kappa shape index (κ3) is 8.50. The van der Waals surface area contributed by atoms with Crippen molar-refractivity contribution in [1.82, 2.24) is 44.5 Å². The monoisotopic (exact) mass is 1010 g/mol. The number of piperazine rings is 1. The SMILES string of the molecule is C#Cc1c(F)ccc2cccc(-c3ncc4c(N5CC6CCC(C5)N6)nc(OC[C@@]56CCCN5[C@H](COC(=O)N5CCC(OCCc7cccc8c7n(C)c(=O)n8C7CCC(=O)NC7=O)CC5)CC6)nc4c3F)c12. The van der Waals surface area contributed by atoms with Gasteiger partial charge < -0.3 is 29.3 Å². The normalized spacial score (nSPS) is 24.2. The first-order chi connectivity index (χ1) is 36.0. The second-order valence-electron chi connectivity index (χ2n) is 20.9. The molecule has 9 heterocycles. The summed E-state index contributed by atoms with van der Waals surface area (Å²) in [7, 11) is 1.69. The van der Waals surface area contributed by atoms with Crippen molar-refractivity contribution >= 4 is 56.4 Å². The molecule has 3 aromatic carbocycles. The molecule has 0 aliphatic carbocycles. The Bertz CT molecular complexity index is 3340. The fraction of sp³-hybridized carbons (Fsp3) is 0.473. The highest BCUT2D eigenvalue weighted by Gasteiger charge is 2.50. The van der Waals surface area contributed by atoms with E-state index in [1.807, 2.05) is 24.3 Å². The number of imide groups is 1. The lowest BCUT2D eigenvalue weighted by Crippen LogP contribution is -2.51. The van der Waals surface area contributed by atoms with Crippen LogP contribution in [0.15, 0.2) is 59.5 Å². The average molecular weight is 1010 g/mol. The summed E-state index contributed by atoms with van der Waals surface area (Å²) in [6.07, 6.45) is 14.9. The number of aromatic nitrogens is 5. The molecule has 74 heavy (non-hydrogen) atoms. The van der Waals surface area contributed by atoms with Gasteiger partial charge in [-0.3, -0.25) is 33.9 Å². The molecule has 384 valence electrons. The number of terminal acetylenes is 1. The number of fused-ring (bicyclic) bond motifs is 6. The summed E-state index contributed by atoms with van der Waals surface area (Å²) in [5.74, 6) is 0.977. The number of halogens is 2. The smallest absolute Gasteiger partial charge is 0.409 e. The van der Waals surface area contributed by atoms with Crippen LogP contribution in [0, 0.1) is 24.0 Å². The predicted molar refractivity (Wildman–Crippen MR) is 272 cm³/mol. The molecule has 3 aromatic heterocycles. The van der Waals surface area contributed by atoms with E-state index in [9.17, 15) is 19.2 Å². The number of imidazole rings is 1. The summed E-state index contributed by atoms with van der Waals surface area (Å²) >= 11 is 0. The Hall–Kier alpha value is -7.01. The van der Waals surface area contributed by atoms with Crippen molar-refractivity contribution in [2.24, 2.45) is 7.05 Å². The van der Waals surface area contributed by atoms with E-state index in [0.29, 0.717) is 85.1 Å². The number of ether oxygens (including phenoxy) is 3. The number of hydrogen-bond acceptors (Lipinski definition) is 13. The minimum absolute atomic E-state index is 0.00437. The molecule has 6 aliphatic rings. The summed E-state index contributed by atoms with van der Waals surface area (Å²) in [5.41, 5.74) is 2.13. The molecular formula is C55H58F2N10O7. The molecule has 19 heteroatoms. The number of nitrogens with one attached hydrogen (secondary N) is 2. The number of anilines is 1. The van der Waals surface area contributed by atoms with E-state index >= 15 is 8.78 Å². The van der Waals surface area contributed by atoms with Gasteiger partial charge in [-0.05, 0) is 93.8 Å². The van der Waals surface area contributed by atoms with Gasteiger partial charge in [0.15, 0.2) is 5.82 Å². The average Bonchev–Trinajstić information content (AvgIpc) is 4.15. The van der Waals surface area contributed by atoms with Crippen molar-refractivity contribution in [3.63, 3.8) is 0 Å². The van der Waals surface area contributed by atoms with Crippen molar-refractivity contribution < 1.29 is 37.4 Å². The van der Waals surface area contributed by atoms with Gasteiger partial charge in [0.05, 0.1) is 40.2 Å². The standard InChI is InChI=1S/C55H58F2N10O7/c1-3-38-41(56)14-11-32-7-4-9-39(45(32)38)47-46(57)48-40(27-58-47)50(65-28-34-12-13-35(29-65)59-34)62-52(61-48)74-31-55-21-6-23-66(55)36(17-22-55)30-73-54(71)64-24-18-37(19-25-64)72-26-20-33-8-5-10-42-49(33)63(2)53(70)67(42)43-15-16-44(68)60-51(43)69/h1,4-5,7-11,14,27,34-37,43,59H,6,12-13,15-26,28-31H2,2H3,(H,60,68,69)/t34?,35?,36-,43?,55-/m0/s1. The van der Waals surface area contributed by atoms with E-state index in [4.69, 9.17) is 30.6 Å². The zero-order valence-electron chi connectivity index (χ0n) is 41.3. The Morgan fingerprint density at radius 1 is 0.946 bits per heavy atom.